The summed E-state index contributed by atoms with van der Waals surface area (Å²) in [6.45, 7) is 4.37. The third-order valence-electron chi connectivity index (χ3n) is 8.56. The predicted octanol–water partition coefficient (Wildman–Crippen LogP) is 7.07. The van der Waals surface area contributed by atoms with Gasteiger partial charge >= 0.3 is 5.97 Å². The highest BCUT2D eigenvalue weighted by Gasteiger charge is 2.30. The van der Waals surface area contributed by atoms with Crippen LogP contribution in [-0.4, -0.2) is 52.7 Å². The number of thiophene rings is 1. The molecular weight excluding hydrogens is 504 g/mol. The molecule has 4 aromatic rings. The van der Waals surface area contributed by atoms with Crippen molar-refractivity contribution in [1.82, 2.24) is 19.4 Å². The zero-order valence-electron chi connectivity index (χ0n) is 23.2. The molecule has 1 saturated carbocycles. The van der Waals surface area contributed by atoms with Crippen molar-refractivity contribution >= 4 is 34.0 Å². The summed E-state index contributed by atoms with van der Waals surface area (Å²) in [5, 5.41) is 0. The summed E-state index contributed by atoms with van der Waals surface area (Å²) in [7, 11) is 5.70. The Morgan fingerprint density at radius 2 is 1.79 bits per heavy atom. The highest BCUT2D eigenvalue weighted by Crippen LogP contribution is 2.43. The Morgan fingerprint density at radius 1 is 1.05 bits per heavy atom. The predicted molar refractivity (Wildman–Crippen MR) is 159 cm³/mol. The molecule has 6 rings (SSSR count). The average molecular weight is 541 g/mol. The van der Waals surface area contributed by atoms with E-state index in [1.54, 1.807) is 17.5 Å². The van der Waals surface area contributed by atoms with Gasteiger partial charge in [0.15, 0.2) is 5.65 Å². The van der Waals surface area contributed by atoms with Crippen LogP contribution in [0, 0.1) is 11.8 Å². The quantitative estimate of drug-likeness (QED) is 0.254. The lowest BCUT2D eigenvalue weighted by Gasteiger charge is -2.35. The van der Waals surface area contributed by atoms with Crippen molar-refractivity contribution in [2.45, 2.75) is 39.0 Å². The summed E-state index contributed by atoms with van der Waals surface area (Å²) in [4.78, 5) is 26.5. The number of aromatic nitrogens is 3. The smallest absolute Gasteiger partial charge is 0.348 e. The number of ether oxygens (including phenoxy) is 1. The molecule has 0 radical (unpaired) electrons. The number of rotatable bonds is 5. The van der Waals surface area contributed by atoms with Crippen LogP contribution >= 0.6 is 11.3 Å². The maximum atomic E-state index is 13.0. The lowest BCUT2D eigenvalue weighted by atomic mass is 9.75. The summed E-state index contributed by atoms with van der Waals surface area (Å²) in [5.41, 5.74) is 7.88. The standard InChI is InChI=1S/C32H36N4O2S/c1-20-7-9-21(10-8-20)26-19-35(2)17-15-24(26)25-18-28(39-29(25)32(37)38-4)22-11-13-23(14-12-22)30-34-27-6-5-16-33-31(27)36(30)3/h5-6,11-14,16,18,20-21H,7-10,15,17,19H2,1-4H3. The fraction of sp³-hybridized carbons (Fsp3) is 0.406. The minimum absolute atomic E-state index is 0.242. The van der Waals surface area contributed by atoms with E-state index in [-0.39, 0.29) is 5.97 Å². The summed E-state index contributed by atoms with van der Waals surface area (Å²) in [5.74, 6) is 2.07. The van der Waals surface area contributed by atoms with E-state index in [1.807, 2.05) is 23.7 Å². The maximum Gasteiger partial charge on any atom is 0.348 e. The molecular formula is C32H36N4O2S. The van der Waals surface area contributed by atoms with Crippen molar-refractivity contribution in [2.24, 2.45) is 18.9 Å². The molecule has 39 heavy (non-hydrogen) atoms. The molecule has 6 nitrogen and oxygen atoms in total. The minimum atomic E-state index is -0.242. The molecule has 7 heteroatoms. The van der Waals surface area contributed by atoms with Gasteiger partial charge in [-0.3, -0.25) is 0 Å². The summed E-state index contributed by atoms with van der Waals surface area (Å²) < 4.78 is 7.30. The molecule has 1 aliphatic carbocycles. The van der Waals surface area contributed by atoms with Gasteiger partial charge in [0.05, 0.1) is 7.11 Å². The van der Waals surface area contributed by atoms with Gasteiger partial charge in [0.1, 0.15) is 16.2 Å². The summed E-state index contributed by atoms with van der Waals surface area (Å²) in [6, 6.07) is 14.6. The fourth-order valence-electron chi connectivity index (χ4n) is 6.29. The Balaban J connectivity index is 1.38. The molecule has 4 heterocycles. The Hall–Kier alpha value is -3.29. The summed E-state index contributed by atoms with van der Waals surface area (Å²) >= 11 is 1.54. The zero-order valence-corrected chi connectivity index (χ0v) is 24.1. The van der Waals surface area contributed by atoms with E-state index in [0.29, 0.717) is 5.92 Å². The number of pyridine rings is 1. The van der Waals surface area contributed by atoms with Crippen LogP contribution in [0.25, 0.3) is 38.6 Å². The molecule has 0 amide bonds. The van der Waals surface area contributed by atoms with Gasteiger partial charge in [0, 0.05) is 42.3 Å². The molecule has 0 saturated heterocycles. The number of esters is 1. The number of likely N-dealkylation sites (N-methyl/N-ethyl adjacent to an activating group) is 1. The Labute approximate surface area is 234 Å². The van der Waals surface area contributed by atoms with E-state index in [2.05, 4.69) is 54.2 Å². The first-order valence-corrected chi connectivity index (χ1v) is 14.8. The van der Waals surface area contributed by atoms with Crippen molar-refractivity contribution in [3.05, 3.63) is 64.7 Å². The van der Waals surface area contributed by atoms with Crippen molar-refractivity contribution in [1.29, 1.82) is 0 Å². The van der Waals surface area contributed by atoms with Crippen LogP contribution in [0.15, 0.2) is 54.2 Å². The van der Waals surface area contributed by atoms with Crippen molar-refractivity contribution < 1.29 is 9.53 Å². The number of fused-ring (bicyclic) bond motifs is 1. The normalized spacial score (nSPS) is 20.5. The number of carbonyl (C=O) groups excluding carboxylic acids is 1. The molecule has 0 N–H and O–H groups in total. The van der Waals surface area contributed by atoms with Crippen LogP contribution in [0.4, 0.5) is 0 Å². The molecule has 3 aromatic heterocycles. The van der Waals surface area contributed by atoms with Crippen LogP contribution in [0.2, 0.25) is 0 Å². The number of hydrogen-bond acceptors (Lipinski definition) is 6. The molecule has 0 bridgehead atoms. The monoisotopic (exact) mass is 540 g/mol. The van der Waals surface area contributed by atoms with Crippen molar-refractivity contribution in [3.8, 4) is 21.8 Å². The number of carbonyl (C=O) groups is 1. The fourth-order valence-corrected chi connectivity index (χ4v) is 7.40. The molecule has 0 unspecified atom stereocenters. The van der Waals surface area contributed by atoms with Gasteiger partial charge in [0.25, 0.3) is 0 Å². The molecule has 202 valence electrons. The second kappa shape index (κ2) is 10.7. The number of benzene rings is 1. The van der Waals surface area contributed by atoms with E-state index in [9.17, 15) is 4.79 Å². The Bertz CT molecular complexity index is 1540. The van der Waals surface area contributed by atoms with E-state index < -0.39 is 0 Å². The second-order valence-electron chi connectivity index (χ2n) is 11.2. The molecule has 1 aliphatic heterocycles. The van der Waals surface area contributed by atoms with Crippen LogP contribution in [0.1, 0.15) is 54.3 Å². The molecule has 0 atom stereocenters. The maximum absolute atomic E-state index is 13.0. The highest BCUT2D eigenvalue weighted by atomic mass is 32.1. The van der Waals surface area contributed by atoms with Gasteiger partial charge in [0.2, 0.25) is 0 Å². The van der Waals surface area contributed by atoms with Crippen LogP contribution in [-0.2, 0) is 11.8 Å². The van der Waals surface area contributed by atoms with Crippen LogP contribution in [0.5, 0.6) is 0 Å². The SMILES string of the molecule is COC(=O)c1sc(-c2ccc(-c3nc4cccnc4n3C)cc2)cc1C1=C(C2CCC(C)CC2)CN(C)CC1. The number of hydrogen-bond donors (Lipinski definition) is 0. The highest BCUT2D eigenvalue weighted by molar-refractivity contribution is 7.17. The zero-order chi connectivity index (χ0) is 27.1. The first-order chi connectivity index (χ1) is 18.9. The third kappa shape index (κ3) is 4.94. The van der Waals surface area contributed by atoms with Crippen LogP contribution < -0.4 is 0 Å². The molecule has 2 aliphatic rings. The summed E-state index contributed by atoms with van der Waals surface area (Å²) in [6.07, 6.45) is 7.84. The molecule has 1 fully saturated rings. The van der Waals surface area contributed by atoms with Gasteiger partial charge in [-0.05, 0) is 73.1 Å². The second-order valence-corrected chi connectivity index (χ2v) is 12.3. The lowest BCUT2D eigenvalue weighted by Crippen LogP contribution is -2.31. The first kappa shape index (κ1) is 26.0. The number of imidazole rings is 1. The topological polar surface area (TPSA) is 60.2 Å². The average Bonchev–Trinajstić information content (AvgIpc) is 3.55. The van der Waals surface area contributed by atoms with E-state index in [4.69, 9.17) is 9.72 Å². The third-order valence-corrected chi connectivity index (χ3v) is 9.73. The van der Waals surface area contributed by atoms with E-state index in [0.717, 1.165) is 68.9 Å². The van der Waals surface area contributed by atoms with E-state index >= 15 is 0 Å². The van der Waals surface area contributed by atoms with E-state index in [1.165, 1.54) is 43.9 Å². The van der Waals surface area contributed by atoms with Gasteiger partial charge < -0.3 is 14.2 Å². The van der Waals surface area contributed by atoms with Crippen molar-refractivity contribution in [2.75, 3.05) is 27.2 Å². The number of methoxy groups -OCH3 is 1. The van der Waals surface area contributed by atoms with Gasteiger partial charge in [-0.1, -0.05) is 44.0 Å². The van der Waals surface area contributed by atoms with Gasteiger partial charge in [-0.15, -0.1) is 11.3 Å². The lowest BCUT2D eigenvalue weighted by molar-refractivity contribution is 0.0606. The molecule has 0 spiro atoms. The first-order valence-electron chi connectivity index (χ1n) is 13.9. The number of aryl methyl sites for hydroxylation is 1. The van der Waals surface area contributed by atoms with Crippen molar-refractivity contribution in [3.63, 3.8) is 0 Å². The van der Waals surface area contributed by atoms with Gasteiger partial charge in [-0.2, -0.15) is 0 Å². The molecule has 1 aromatic carbocycles. The minimum Gasteiger partial charge on any atom is -0.465 e. The Kier molecular flexibility index (Phi) is 7.12. The van der Waals surface area contributed by atoms with Gasteiger partial charge in [-0.25, -0.2) is 14.8 Å². The largest absolute Gasteiger partial charge is 0.465 e. The number of nitrogens with zero attached hydrogens (tertiary/aromatic N) is 4. The van der Waals surface area contributed by atoms with Crippen LogP contribution in [0.3, 0.4) is 0 Å². The Morgan fingerprint density at radius 3 is 2.51 bits per heavy atom.